The normalized spacial score (nSPS) is 10.5. The van der Waals surface area contributed by atoms with E-state index in [2.05, 4.69) is 5.10 Å². The van der Waals surface area contributed by atoms with Gasteiger partial charge in [-0.15, -0.1) is 5.10 Å². The van der Waals surface area contributed by atoms with Crippen molar-refractivity contribution >= 4 is 11.8 Å². The summed E-state index contributed by atoms with van der Waals surface area (Å²) < 4.78 is 10.5. The van der Waals surface area contributed by atoms with Crippen molar-refractivity contribution in [1.82, 2.24) is 9.94 Å². The Labute approximate surface area is 186 Å². The van der Waals surface area contributed by atoms with E-state index in [1.165, 1.54) is 9.75 Å². The quantitative estimate of drug-likeness (QED) is 0.435. The summed E-state index contributed by atoms with van der Waals surface area (Å²) in [6, 6.07) is 26.1. The van der Waals surface area contributed by atoms with Gasteiger partial charge in [-0.2, -0.15) is 0 Å². The van der Waals surface area contributed by atoms with Gasteiger partial charge in [-0.05, 0) is 66.7 Å². The zero-order valence-corrected chi connectivity index (χ0v) is 18.1. The van der Waals surface area contributed by atoms with Crippen molar-refractivity contribution in [2.75, 3.05) is 26.2 Å². The zero-order valence-electron chi connectivity index (χ0n) is 18.1. The SMILES string of the molecule is COc1ccc(-c2cc(-c3ccc(OC)cc3)n(OC(=O)N(C)c3ccccc3)n2)cc1. The summed E-state index contributed by atoms with van der Waals surface area (Å²) in [6.45, 7) is 0. The molecule has 4 rings (SSSR count). The highest BCUT2D eigenvalue weighted by Crippen LogP contribution is 2.28. The molecule has 1 heterocycles. The molecule has 7 nitrogen and oxygen atoms in total. The number of ether oxygens (including phenoxy) is 2. The van der Waals surface area contributed by atoms with Crippen LogP contribution in [0.3, 0.4) is 0 Å². The molecule has 0 aliphatic carbocycles. The molecule has 4 aromatic rings. The third-order valence-electron chi connectivity index (χ3n) is 5.03. The van der Waals surface area contributed by atoms with Crippen molar-refractivity contribution in [1.29, 1.82) is 0 Å². The average Bonchev–Trinajstić information content (AvgIpc) is 3.27. The van der Waals surface area contributed by atoms with Gasteiger partial charge < -0.3 is 9.47 Å². The molecule has 0 saturated heterocycles. The standard InChI is InChI=1S/C25H23N3O4/c1-27(20-7-5-4-6-8-20)25(29)32-28-24(19-11-15-22(31-3)16-12-19)17-23(26-28)18-9-13-21(30-2)14-10-18/h4-17H,1-3H3. The monoisotopic (exact) mass is 429 g/mol. The number of aromatic nitrogens is 2. The van der Waals surface area contributed by atoms with Crippen molar-refractivity contribution in [2.24, 2.45) is 0 Å². The van der Waals surface area contributed by atoms with E-state index in [1.807, 2.05) is 84.9 Å². The molecule has 0 aliphatic heterocycles. The lowest BCUT2D eigenvalue weighted by Crippen LogP contribution is -2.34. The summed E-state index contributed by atoms with van der Waals surface area (Å²) in [5.74, 6) is 1.48. The predicted molar refractivity (Wildman–Crippen MR) is 123 cm³/mol. The first-order valence-electron chi connectivity index (χ1n) is 9.99. The first-order chi connectivity index (χ1) is 15.6. The van der Waals surface area contributed by atoms with Crippen LogP contribution in [0.15, 0.2) is 84.9 Å². The maximum absolute atomic E-state index is 12.8. The van der Waals surface area contributed by atoms with Gasteiger partial charge in [0.1, 0.15) is 17.2 Å². The number of carbonyl (C=O) groups is 1. The summed E-state index contributed by atoms with van der Waals surface area (Å²) in [6.07, 6.45) is -0.560. The Kier molecular flexibility index (Phi) is 6.07. The second kappa shape index (κ2) is 9.26. The number of anilines is 1. The Bertz CT molecular complexity index is 1190. The first-order valence-corrected chi connectivity index (χ1v) is 9.99. The average molecular weight is 429 g/mol. The first kappa shape index (κ1) is 21.0. The second-order valence-corrected chi connectivity index (χ2v) is 7.00. The van der Waals surface area contributed by atoms with E-state index >= 15 is 0 Å². The van der Waals surface area contributed by atoms with Gasteiger partial charge in [-0.3, -0.25) is 9.74 Å². The number of benzene rings is 3. The molecule has 32 heavy (non-hydrogen) atoms. The number of rotatable bonds is 6. The number of hydrogen-bond acceptors (Lipinski definition) is 5. The van der Waals surface area contributed by atoms with E-state index in [0.717, 1.165) is 22.6 Å². The molecule has 0 N–H and O–H groups in total. The van der Waals surface area contributed by atoms with Crippen molar-refractivity contribution in [3.8, 4) is 34.0 Å². The van der Waals surface area contributed by atoms with Crippen molar-refractivity contribution in [3.63, 3.8) is 0 Å². The minimum absolute atomic E-state index is 0.560. The highest BCUT2D eigenvalue weighted by molar-refractivity contribution is 5.87. The minimum Gasteiger partial charge on any atom is -0.497 e. The fourth-order valence-corrected chi connectivity index (χ4v) is 3.19. The van der Waals surface area contributed by atoms with Crippen LogP contribution in [0.1, 0.15) is 0 Å². The molecule has 0 bridgehead atoms. The van der Waals surface area contributed by atoms with Crippen molar-refractivity contribution in [2.45, 2.75) is 0 Å². The van der Waals surface area contributed by atoms with Crippen molar-refractivity contribution < 1.29 is 19.1 Å². The number of methoxy groups -OCH3 is 2. The van der Waals surface area contributed by atoms with E-state index in [-0.39, 0.29) is 0 Å². The predicted octanol–water partition coefficient (Wildman–Crippen LogP) is 4.92. The third-order valence-corrected chi connectivity index (χ3v) is 5.03. The fraction of sp³-hybridized carbons (Fsp3) is 0.120. The molecule has 1 aromatic heterocycles. The molecule has 0 atom stereocenters. The minimum atomic E-state index is -0.560. The third kappa shape index (κ3) is 4.41. The maximum Gasteiger partial charge on any atom is 0.440 e. The summed E-state index contributed by atoms with van der Waals surface area (Å²) >= 11 is 0. The smallest absolute Gasteiger partial charge is 0.440 e. The van der Waals surface area contributed by atoms with Gasteiger partial charge in [-0.25, -0.2) is 4.79 Å². The van der Waals surface area contributed by atoms with Crippen LogP contribution in [0, 0.1) is 0 Å². The lowest BCUT2D eigenvalue weighted by atomic mass is 10.1. The van der Waals surface area contributed by atoms with Crippen LogP contribution in [0.2, 0.25) is 0 Å². The van der Waals surface area contributed by atoms with E-state index in [4.69, 9.17) is 14.3 Å². The molecule has 0 spiro atoms. The molecule has 0 radical (unpaired) electrons. The maximum atomic E-state index is 12.8. The molecule has 0 fully saturated rings. The Morgan fingerprint density at radius 1 is 0.812 bits per heavy atom. The van der Waals surface area contributed by atoms with Crippen LogP contribution in [0.25, 0.3) is 22.5 Å². The molecule has 1 amide bonds. The lowest BCUT2D eigenvalue weighted by molar-refractivity contribution is 0.127. The number of nitrogens with zero attached hydrogens (tertiary/aromatic N) is 3. The summed E-state index contributed by atoms with van der Waals surface area (Å²) in [4.78, 5) is 21.2. The van der Waals surface area contributed by atoms with Crippen LogP contribution in [-0.4, -0.2) is 37.3 Å². The number of hydrogen-bond donors (Lipinski definition) is 0. The van der Waals surface area contributed by atoms with Crippen LogP contribution < -0.4 is 19.2 Å². The molecular weight excluding hydrogens is 406 g/mol. The van der Waals surface area contributed by atoms with Crippen LogP contribution in [0.5, 0.6) is 11.5 Å². The Morgan fingerprint density at radius 3 is 1.94 bits per heavy atom. The number of para-hydroxylation sites is 1. The van der Waals surface area contributed by atoms with E-state index in [0.29, 0.717) is 17.1 Å². The molecule has 0 unspecified atom stereocenters. The topological polar surface area (TPSA) is 65.8 Å². The van der Waals surface area contributed by atoms with Gasteiger partial charge in [0.05, 0.1) is 19.9 Å². The Morgan fingerprint density at radius 2 is 1.38 bits per heavy atom. The highest BCUT2D eigenvalue weighted by atomic mass is 16.7. The molecule has 7 heteroatoms. The second-order valence-electron chi connectivity index (χ2n) is 7.00. The highest BCUT2D eigenvalue weighted by Gasteiger charge is 2.19. The van der Waals surface area contributed by atoms with E-state index < -0.39 is 6.09 Å². The summed E-state index contributed by atoms with van der Waals surface area (Å²) in [7, 11) is 4.88. The molecule has 0 aliphatic rings. The van der Waals surface area contributed by atoms with Crippen molar-refractivity contribution in [3.05, 3.63) is 84.9 Å². The summed E-state index contributed by atoms with van der Waals surface area (Å²) in [5, 5.41) is 4.55. The van der Waals surface area contributed by atoms with Crippen LogP contribution in [0.4, 0.5) is 10.5 Å². The lowest BCUT2D eigenvalue weighted by Gasteiger charge is -2.17. The van der Waals surface area contributed by atoms with E-state index in [1.54, 1.807) is 21.3 Å². The number of carbonyl (C=O) groups excluding carboxylic acids is 1. The zero-order chi connectivity index (χ0) is 22.5. The van der Waals surface area contributed by atoms with Gasteiger partial charge in [-0.1, -0.05) is 23.0 Å². The van der Waals surface area contributed by atoms with Gasteiger partial charge in [0.25, 0.3) is 0 Å². The van der Waals surface area contributed by atoms with Crippen LogP contribution >= 0.6 is 0 Å². The fourth-order valence-electron chi connectivity index (χ4n) is 3.19. The molecule has 162 valence electrons. The molecular formula is C25H23N3O4. The Hall–Kier alpha value is -4.26. The summed E-state index contributed by atoms with van der Waals surface area (Å²) in [5.41, 5.74) is 3.70. The molecule has 3 aromatic carbocycles. The largest absolute Gasteiger partial charge is 0.497 e. The number of amides is 1. The van der Waals surface area contributed by atoms with Gasteiger partial charge in [0.15, 0.2) is 0 Å². The van der Waals surface area contributed by atoms with Gasteiger partial charge >= 0.3 is 6.09 Å². The van der Waals surface area contributed by atoms with Gasteiger partial charge in [0, 0.05) is 23.9 Å². The van der Waals surface area contributed by atoms with Crippen LogP contribution in [-0.2, 0) is 0 Å². The van der Waals surface area contributed by atoms with E-state index in [9.17, 15) is 4.79 Å². The van der Waals surface area contributed by atoms with Gasteiger partial charge in [0.2, 0.25) is 0 Å². The Balaban J connectivity index is 1.69. The molecule has 0 saturated carbocycles.